The van der Waals surface area contributed by atoms with Crippen LogP contribution in [0.5, 0.6) is 5.75 Å². The lowest BCUT2D eigenvalue weighted by molar-refractivity contribution is -0.134. The Morgan fingerprint density at radius 2 is 1.86 bits per heavy atom. The molecule has 1 fully saturated rings. The molecule has 2 aromatic carbocycles. The molecule has 1 aliphatic heterocycles. The van der Waals surface area contributed by atoms with E-state index < -0.39 is 0 Å². The molecule has 146 valence electrons. The van der Waals surface area contributed by atoms with Gasteiger partial charge in [0, 0.05) is 19.0 Å². The third kappa shape index (κ3) is 4.03. The van der Waals surface area contributed by atoms with Gasteiger partial charge < -0.3 is 14.1 Å². The van der Waals surface area contributed by atoms with Gasteiger partial charge in [-0.1, -0.05) is 38.1 Å². The Bertz CT molecular complexity index is 905. The summed E-state index contributed by atoms with van der Waals surface area (Å²) >= 11 is 0. The molecular weight excluding hydrogens is 352 g/mol. The van der Waals surface area contributed by atoms with Gasteiger partial charge in [-0.2, -0.15) is 0 Å². The molecule has 5 nitrogen and oxygen atoms in total. The predicted octanol–water partition coefficient (Wildman–Crippen LogP) is 4.74. The zero-order valence-electron chi connectivity index (χ0n) is 16.4. The quantitative estimate of drug-likeness (QED) is 0.644. The fourth-order valence-corrected chi connectivity index (χ4v) is 3.63. The van der Waals surface area contributed by atoms with E-state index in [0.29, 0.717) is 19.0 Å². The highest BCUT2D eigenvalue weighted by molar-refractivity contribution is 5.78. The van der Waals surface area contributed by atoms with Crippen molar-refractivity contribution in [2.75, 3.05) is 19.7 Å². The smallest absolute Gasteiger partial charge is 0.260 e. The topological polar surface area (TPSA) is 55.6 Å². The van der Waals surface area contributed by atoms with Crippen molar-refractivity contribution in [2.45, 2.75) is 38.5 Å². The van der Waals surface area contributed by atoms with Gasteiger partial charge in [0.1, 0.15) is 11.3 Å². The Morgan fingerprint density at radius 1 is 1.14 bits per heavy atom. The number of carbonyl (C=O) groups excluding carboxylic acids is 1. The molecule has 0 unspecified atom stereocenters. The van der Waals surface area contributed by atoms with Crippen LogP contribution in [0.1, 0.15) is 50.0 Å². The summed E-state index contributed by atoms with van der Waals surface area (Å²) in [5.74, 6) is 2.30. The first-order valence-electron chi connectivity index (χ1n) is 9.96. The molecule has 0 atom stereocenters. The summed E-state index contributed by atoms with van der Waals surface area (Å²) in [5, 5.41) is 0. The number of aromatic nitrogens is 1. The molecule has 0 bridgehead atoms. The van der Waals surface area contributed by atoms with Crippen molar-refractivity contribution in [3.05, 3.63) is 60.0 Å². The van der Waals surface area contributed by atoms with E-state index in [-0.39, 0.29) is 18.4 Å². The average Bonchev–Trinajstić information content (AvgIpc) is 3.16. The minimum Gasteiger partial charge on any atom is -0.484 e. The van der Waals surface area contributed by atoms with Crippen LogP contribution in [-0.2, 0) is 4.79 Å². The monoisotopic (exact) mass is 378 g/mol. The third-order valence-corrected chi connectivity index (χ3v) is 5.42. The Balaban J connectivity index is 1.28. The largest absolute Gasteiger partial charge is 0.484 e. The van der Waals surface area contributed by atoms with Crippen LogP contribution in [0.2, 0.25) is 0 Å². The zero-order valence-corrected chi connectivity index (χ0v) is 16.4. The molecule has 0 radical (unpaired) electrons. The first-order valence-corrected chi connectivity index (χ1v) is 9.96. The van der Waals surface area contributed by atoms with Crippen molar-refractivity contribution in [2.24, 2.45) is 0 Å². The lowest BCUT2D eigenvalue weighted by Gasteiger charge is -2.30. The van der Waals surface area contributed by atoms with E-state index >= 15 is 0 Å². The van der Waals surface area contributed by atoms with Crippen LogP contribution in [-0.4, -0.2) is 35.5 Å². The molecule has 0 spiro atoms. The van der Waals surface area contributed by atoms with Gasteiger partial charge in [0.15, 0.2) is 18.1 Å². The number of rotatable bonds is 5. The van der Waals surface area contributed by atoms with E-state index in [2.05, 4.69) is 31.0 Å². The molecule has 1 aromatic heterocycles. The lowest BCUT2D eigenvalue weighted by Crippen LogP contribution is -2.40. The minimum atomic E-state index is 0.0314. The maximum Gasteiger partial charge on any atom is 0.260 e. The van der Waals surface area contributed by atoms with E-state index in [9.17, 15) is 4.79 Å². The normalized spacial score (nSPS) is 15.3. The Labute approximate surface area is 165 Å². The number of nitrogens with zero attached hydrogens (tertiary/aromatic N) is 2. The molecule has 0 aliphatic carbocycles. The summed E-state index contributed by atoms with van der Waals surface area (Å²) in [5.41, 5.74) is 2.99. The highest BCUT2D eigenvalue weighted by atomic mass is 16.5. The summed E-state index contributed by atoms with van der Waals surface area (Å²) in [6.45, 7) is 5.80. The fourth-order valence-electron chi connectivity index (χ4n) is 3.63. The van der Waals surface area contributed by atoms with E-state index in [1.165, 1.54) is 5.56 Å². The molecule has 3 aromatic rings. The van der Waals surface area contributed by atoms with Crippen LogP contribution in [0.25, 0.3) is 11.1 Å². The van der Waals surface area contributed by atoms with Crippen molar-refractivity contribution < 1.29 is 13.9 Å². The number of benzene rings is 2. The van der Waals surface area contributed by atoms with Gasteiger partial charge >= 0.3 is 0 Å². The van der Waals surface area contributed by atoms with E-state index in [1.54, 1.807) is 0 Å². The molecule has 1 amide bonds. The summed E-state index contributed by atoms with van der Waals surface area (Å²) in [4.78, 5) is 19.0. The van der Waals surface area contributed by atoms with Gasteiger partial charge in [-0.15, -0.1) is 0 Å². The maximum absolute atomic E-state index is 12.5. The van der Waals surface area contributed by atoms with Gasteiger partial charge in [0.25, 0.3) is 5.91 Å². The van der Waals surface area contributed by atoms with Gasteiger partial charge in [0.2, 0.25) is 0 Å². The van der Waals surface area contributed by atoms with Crippen molar-refractivity contribution in [1.82, 2.24) is 9.88 Å². The Hall–Kier alpha value is -2.82. The van der Waals surface area contributed by atoms with Crippen molar-refractivity contribution in [3.8, 4) is 5.75 Å². The molecule has 5 heteroatoms. The highest BCUT2D eigenvalue weighted by Crippen LogP contribution is 2.30. The van der Waals surface area contributed by atoms with Crippen LogP contribution < -0.4 is 4.74 Å². The van der Waals surface area contributed by atoms with Crippen molar-refractivity contribution in [3.63, 3.8) is 0 Å². The number of para-hydroxylation sites is 2. The first kappa shape index (κ1) is 18.5. The molecular formula is C23H26N2O3. The summed E-state index contributed by atoms with van der Waals surface area (Å²) < 4.78 is 11.6. The number of hydrogen-bond donors (Lipinski definition) is 0. The molecule has 2 heterocycles. The number of amides is 1. The second-order valence-electron chi connectivity index (χ2n) is 7.69. The number of ether oxygens (including phenoxy) is 1. The number of hydrogen-bond acceptors (Lipinski definition) is 4. The van der Waals surface area contributed by atoms with Crippen LogP contribution in [0.3, 0.4) is 0 Å². The number of piperidine rings is 1. The maximum atomic E-state index is 12.5. The third-order valence-electron chi connectivity index (χ3n) is 5.42. The Kier molecular flexibility index (Phi) is 5.33. The molecule has 1 aliphatic rings. The SMILES string of the molecule is CC(C)c1ccc(OCC(=O)N2CCC(c3nc4ccccc4o3)CC2)cc1. The van der Waals surface area contributed by atoms with E-state index in [1.807, 2.05) is 41.3 Å². The summed E-state index contributed by atoms with van der Waals surface area (Å²) in [6, 6.07) is 15.8. The average molecular weight is 378 g/mol. The fraction of sp³-hybridized carbons (Fsp3) is 0.391. The Morgan fingerprint density at radius 3 is 2.54 bits per heavy atom. The van der Waals surface area contributed by atoms with Gasteiger partial charge in [-0.25, -0.2) is 4.98 Å². The van der Waals surface area contributed by atoms with Crippen LogP contribution in [0.15, 0.2) is 52.9 Å². The number of likely N-dealkylation sites (tertiary alicyclic amines) is 1. The van der Waals surface area contributed by atoms with Crippen LogP contribution >= 0.6 is 0 Å². The molecule has 0 N–H and O–H groups in total. The van der Waals surface area contributed by atoms with Crippen molar-refractivity contribution >= 4 is 17.0 Å². The van der Waals surface area contributed by atoms with E-state index in [0.717, 1.165) is 35.6 Å². The molecule has 0 saturated carbocycles. The summed E-state index contributed by atoms with van der Waals surface area (Å²) in [6.07, 6.45) is 1.73. The zero-order chi connectivity index (χ0) is 19.5. The molecule has 1 saturated heterocycles. The highest BCUT2D eigenvalue weighted by Gasteiger charge is 2.27. The van der Waals surface area contributed by atoms with E-state index in [4.69, 9.17) is 9.15 Å². The minimum absolute atomic E-state index is 0.0314. The van der Waals surface area contributed by atoms with Gasteiger partial charge in [0.05, 0.1) is 0 Å². The molecule has 4 rings (SSSR count). The number of oxazole rings is 1. The van der Waals surface area contributed by atoms with Gasteiger partial charge in [-0.3, -0.25) is 4.79 Å². The number of carbonyl (C=O) groups is 1. The second-order valence-corrected chi connectivity index (χ2v) is 7.69. The van der Waals surface area contributed by atoms with Crippen LogP contribution in [0.4, 0.5) is 0 Å². The lowest BCUT2D eigenvalue weighted by atomic mass is 9.97. The second kappa shape index (κ2) is 8.05. The molecule has 28 heavy (non-hydrogen) atoms. The standard InChI is InChI=1S/C23H26N2O3/c1-16(2)17-7-9-19(10-8-17)27-15-22(26)25-13-11-18(12-14-25)23-24-20-5-3-4-6-21(20)28-23/h3-10,16,18H,11-15H2,1-2H3. The van der Waals surface area contributed by atoms with Gasteiger partial charge in [-0.05, 0) is 48.6 Å². The van der Waals surface area contributed by atoms with Crippen LogP contribution in [0, 0.1) is 0 Å². The predicted molar refractivity (Wildman–Crippen MR) is 109 cm³/mol. The summed E-state index contributed by atoms with van der Waals surface area (Å²) in [7, 11) is 0. The van der Waals surface area contributed by atoms with Crippen molar-refractivity contribution in [1.29, 1.82) is 0 Å². The first-order chi connectivity index (χ1) is 13.6. The number of fused-ring (bicyclic) bond motifs is 1.